The number of hydrogen-bond donors (Lipinski definition) is 1. The summed E-state index contributed by atoms with van der Waals surface area (Å²) >= 11 is 0. The molecule has 0 spiro atoms. The van der Waals surface area contributed by atoms with Crippen molar-refractivity contribution in [3.05, 3.63) is 53.7 Å². The lowest BCUT2D eigenvalue weighted by atomic mass is 9.95. The Kier molecular flexibility index (Phi) is 6.05. The average Bonchev–Trinajstić information content (AvgIpc) is 2.73. The number of anilines is 2. The van der Waals surface area contributed by atoms with Gasteiger partial charge in [0.2, 0.25) is 5.91 Å². The van der Waals surface area contributed by atoms with Gasteiger partial charge in [0.25, 0.3) is 5.82 Å². The number of halogens is 3. The van der Waals surface area contributed by atoms with Crippen LogP contribution in [0.25, 0.3) is 0 Å². The molecular weight excluding hydrogens is 387 g/mol. The second kappa shape index (κ2) is 8.50. The van der Waals surface area contributed by atoms with E-state index < -0.39 is 17.7 Å². The molecule has 0 bridgehead atoms. The van der Waals surface area contributed by atoms with Crippen molar-refractivity contribution in [3.63, 3.8) is 0 Å². The fourth-order valence-corrected chi connectivity index (χ4v) is 3.26. The summed E-state index contributed by atoms with van der Waals surface area (Å²) in [5, 5.41) is 2.81. The van der Waals surface area contributed by atoms with E-state index in [0.29, 0.717) is 43.0 Å². The van der Waals surface area contributed by atoms with Gasteiger partial charge >= 0.3 is 12.1 Å². The molecule has 1 aliphatic rings. The number of alkyl halides is 3. The zero-order valence-electron chi connectivity index (χ0n) is 15.8. The van der Waals surface area contributed by atoms with Crippen molar-refractivity contribution >= 4 is 23.4 Å². The molecule has 2 heterocycles. The topological polar surface area (TPSA) is 72.8 Å². The number of H-pyrrole nitrogens is 1. The number of piperidine rings is 1. The minimum absolute atomic E-state index is 0.150. The number of hydrogen-bond acceptors (Lipinski definition) is 4. The number of amides is 1. The van der Waals surface area contributed by atoms with Crippen LogP contribution in [0.15, 0.2) is 42.6 Å². The van der Waals surface area contributed by atoms with Crippen molar-refractivity contribution < 1.29 is 32.5 Å². The number of aromatic nitrogens is 1. The molecule has 2 N–H and O–H groups in total. The van der Waals surface area contributed by atoms with Crippen LogP contribution < -0.4 is 15.2 Å². The van der Waals surface area contributed by atoms with Crippen LogP contribution in [-0.4, -0.2) is 32.1 Å². The van der Waals surface area contributed by atoms with E-state index in [0.717, 1.165) is 12.3 Å². The zero-order chi connectivity index (χ0) is 21.0. The number of esters is 1. The second-order valence-electron chi connectivity index (χ2n) is 6.78. The van der Waals surface area contributed by atoms with E-state index in [9.17, 15) is 22.8 Å². The van der Waals surface area contributed by atoms with E-state index in [4.69, 9.17) is 0 Å². The van der Waals surface area contributed by atoms with Crippen LogP contribution >= 0.6 is 0 Å². The maximum Gasteiger partial charge on any atom is 0.419 e. The molecule has 6 nitrogen and oxygen atoms in total. The molecule has 0 saturated carbocycles. The molecule has 1 aromatic carbocycles. The number of pyridine rings is 1. The van der Waals surface area contributed by atoms with Crippen LogP contribution in [0.2, 0.25) is 0 Å². The Labute approximate surface area is 165 Å². The summed E-state index contributed by atoms with van der Waals surface area (Å²) in [6.45, 7) is 1.09. The third kappa shape index (κ3) is 5.04. The lowest BCUT2D eigenvalue weighted by Crippen LogP contribution is -2.40. The lowest BCUT2D eigenvalue weighted by Gasteiger charge is -2.27. The third-order valence-electron chi connectivity index (χ3n) is 4.88. The van der Waals surface area contributed by atoms with Crippen LogP contribution in [0, 0.1) is 5.92 Å². The number of benzene rings is 1. The molecule has 0 radical (unpaired) electrons. The maximum absolute atomic E-state index is 12.7. The number of carbonyl (C=O) groups is 2. The maximum atomic E-state index is 12.7. The number of nitrogens with one attached hydrogen (secondary N) is 2. The summed E-state index contributed by atoms with van der Waals surface area (Å²) < 4.78 is 42.7. The van der Waals surface area contributed by atoms with Gasteiger partial charge in [-0.25, -0.2) is 9.78 Å². The average molecular weight is 408 g/mol. The second-order valence-corrected chi connectivity index (χ2v) is 6.78. The SMILES string of the molecule is COC(=O)c1cccc(NC(=O)C2CCN(c3ccc(C(F)(F)F)c[nH+]3)CC2)c1. The first-order chi connectivity index (χ1) is 13.8. The number of rotatable bonds is 4. The predicted molar refractivity (Wildman–Crippen MR) is 99.3 cm³/mol. The number of methoxy groups -OCH3 is 1. The van der Waals surface area contributed by atoms with Crippen molar-refractivity contribution in [2.45, 2.75) is 19.0 Å². The molecule has 1 amide bonds. The van der Waals surface area contributed by atoms with Gasteiger partial charge in [-0.3, -0.25) is 9.69 Å². The van der Waals surface area contributed by atoms with Gasteiger partial charge in [0.15, 0.2) is 0 Å². The van der Waals surface area contributed by atoms with Gasteiger partial charge in [0.05, 0.1) is 31.3 Å². The molecule has 29 heavy (non-hydrogen) atoms. The fraction of sp³-hybridized carbons (Fsp3) is 0.350. The number of carbonyl (C=O) groups excluding carboxylic acids is 2. The highest BCUT2D eigenvalue weighted by molar-refractivity contribution is 5.95. The number of aromatic amines is 1. The molecule has 0 atom stereocenters. The standard InChI is InChI=1S/C20H20F3N3O3/c1-29-19(28)14-3-2-4-16(11-14)25-18(27)13-7-9-26(10-8-13)17-6-5-15(12-24-17)20(21,22)23/h2-6,11-13H,7-10H2,1H3,(H,25,27)/p+1. The third-order valence-corrected chi connectivity index (χ3v) is 4.88. The molecule has 3 rings (SSSR count). The van der Waals surface area contributed by atoms with Gasteiger partial charge in [-0.15, -0.1) is 0 Å². The molecule has 1 fully saturated rings. The summed E-state index contributed by atoms with van der Waals surface area (Å²) in [5.74, 6) is -0.268. The summed E-state index contributed by atoms with van der Waals surface area (Å²) in [7, 11) is 1.29. The van der Waals surface area contributed by atoms with E-state index in [2.05, 4.69) is 15.0 Å². The minimum Gasteiger partial charge on any atom is -0.465 e. The molecule has 1 aromatic heterocycles. The van der Waals surface area contributed by atoms with Gasteiger partial charge in [-0.1, -0.05) is 6.07 Å². The van der Waals surface area contributed by atoms with E-state index in [1.165, 1.54) is 13.2 Å². The van der Waals surface area contributed by atoms with Gasteiger partial charge in [0.1, 0.15) is 6.20 Å². The Morgan fingerprint density at radius 1 is 1.17 bits per heavy atom. The first kappa shape index (κ1) is 20.6. The molecule has 1 aliphatic heterocycles. The summed E-state index contributed by atoms with van der Waals surface area (Å²) in [6, 6.07) is 8.94. The van der Waals surface area contributed by atoms with Gasteiger partial charge in [-0.05, 0) is 37.1 Å². The van der Waals surface area contributed by atoms with Gasteiger partial charge in [-0.2, -0.15) is 13.2 Å². The molecule has 154 valence electrons. The number of nitrogens with zero attached hydrogens (tertiary/aromatic N) is 1. The molecular formula is C20H21F3N3O3+. The van der Waals surface area contributed by atoms with Crippen molar-refractivity contribution in [2.24, 2.45) is 5.92 Å². The van der Waals surface area contributed by atoms with Crippen molar-refractivity contribution in [1.82, 2.24) is 0 Å². The first-order valence-electron chi connectivity index (χ1n) is 9.11. The monoisotopic (exact) mass is 408 g/mol. The molecule has 1 saturated heterocycles. The minimum atomic E-state index is -4.38. The van der Waals surface area contributed by atoms with Crippen LogP contribution in [0.3, 0.4) is 0 Å². The predicted octanol–water partition coefficient (Wildman–Crippen LogP) is 3.16. The van der Waals surface area contributed by atoms with Crippen LogP contribution in [0.4, 0.5) is 24.7 Å². The molecule has 0 unspecified atom stereocenters. The van der Waals surface area contributed by atoms with Gasteiger partial charge in [0, 0.05) is 17.7 Å². The summed E-state index contributed by atoms with van der Waals surface area (Å²) in [6.07, 6.45) is -2.30. The van der Waals surface area contributed by atoms with Crippen LogP contribution in [-0.2, 0) is 15.7 Å². The quantitative estimate of drug-likeness (QED) is 0.789. The lowest BCUT2D eigenvalue weighted by molar-refractivity contribution is -0.367. The Hall–Kier alpha value is -3.10. The van der Waals surface area contributed by atoms with Gasteiger partial charge < -0.3 is 10.1 Å². The van der Waals surface area contributed by atoms with E-state index >= 15 is 0 Å². The highest BCUT2D eigenvalue weighted by atomic mass is 19.4. The van der Waals surface area contributed by atoms with E-state index in [1.54, 1.807) is 24.3 Å². The van der Waals surface area contributed by atoms with Crippen molar-refractivity contribution in [3.8, 4) is 0 Å². The number of ether oxygens (including phenoxy) is 1. The van der Waals surface area contributed by atoms with Crippen molar-refractivity contribution in [2.75, 3.05) is 30.4 Å². The van der Waals surface area contributed by atoms with Crippen LogP contribution in [0.5, 0.6) is 0 Å². The zero-order valence-corrected chi connectivity index (χ0v) is 15.8. The largest absolute Gasteiger partial charge is 0.465 e. The van der Waals surface area contributed by atoms with Crippen molar-refractivity contribution in [1.29, 1.82) is 0 Å². The molecule has 9 heteroatoms. The smallest absolute Gasteiger partial charge is 0.419 e. The first-order valence-corrected chi connectivity index (χ1v) is 9.11. The summed E-state index contributed by atoms with van der Waals surface area (Å²) in [4.78, 5) is 28.7. The Morgan fingerprint density at radius 3 is 2.48 bits per heavy atom. The fourth-order valence-electron chi connectivity index (χ4n) is 3.26. The normalized spacial score (nSPS) is 15.1. The highest BCUT2D eigenvalue weighted by Gasteiger charge is 2.33. The highest BCUT2D eigenvalue weighted by Crippen LogP contribution is 2.29. The van der Waals surface area contributed by atoms with Crippen LogP contribution in [0.1, 0.15) is 28.8 Å². The Balaban J connectivity index is 1.56. The molecule has 2 aromatic rings. The van der Waals surface area contributed by atoms with E-state index in [1.807, 2.05) is 4.90 Å². The molecule has 0 aliphatic carbocycles. The van der Waals surface area contributed by atoms with E-state index in [-0.39, 0.29) is 11.8 Å². The Morgan fingerprint density at radius 2 is 1.90 bits per heavy atom. The summed E-state index contributed by atoms with van der Waals surface area (Å²) in [5.41, 5.74) is 0.124. The Bertz CT molecular complexity index is 877.